The van der Waals surface area contributed by atoms with Crippen molar-refractivity contribution < 1.29 is 14.1 Å². The van der Waals surface area contributed by atoms with Crippen LogP contribution in [0.3, 0.4) is 0 Å². The lowest BCUT2D eigenvalue weighted by molar-refractivity contribution is -0.132. The molecule has 27 heavy (non-hydrogen) atoms. The summed E-state index contributed by atoms with van der Waals surface area (Å²) in [6.07, 6.45) is 0.752. The number of carbonyl (C=O) groups is 1. The molecule has 3 aromatic rings. The Morgan fingerprint density at radius 2 is 1.96 bits per heavy atom. The highest BCUT2D eigenvalue weighted by molar-refractivity contribution is 5.77. The number of aromatic nitrogens is 2. The van der Waals surface area contributed by atoms with E-state index >= 15 is 0 Å². The third-order valence-electron chi connectivity index (χ3n) is 4.20. The molecule has 0 spiro atoms. The van der Waals surface area contributed by atoms with Gasteiger partial charge in [0, 0.05) is 24.4 Å². The van der Waals surface area contributed by atoms with Gasteiger partial charge in [-0.2, -0.15) is 0 Å². The number of nitrogens with zero attached hydrogens (tertiary/aromatic N) is 3. The van der Waals surface area contributed by atoms with E-state index in [4.69, 9.17) is 9.26 Å². The maximum atomic E-state index is 12.4. The van der Waals surface area contributed by atoms with Gasteiger partial charge >= 0.3 is 0 Å². The number of hydrogen-bond donors (Lipinski definition) is 0. The van der Waals surface area contributed by atoms with Gasteiger partial charge in [-0.15, -0.1) is 0 Å². The Labute approximate surface area is 158 Å². The number of ether oxygens (including phenoxy) is 1. The van der Waals surface area contributed by atoms with Crippen molar-refractivity contribution in [3.63, 3.8) is 0 Å². The Bertz CT molecular complexity index is 906. The van der Waals surface area contributed by atoms with Gasteiger partial charge in [-0.1, -0.05) is 42.4 Å². The van der Waals surface area contributed by atoms with E-state index in [9.17, 15) is 4.79 Å². The molecular formula is C21H23N3O3. The molecule has 140 valence electrons. The average molecular weight is 365 g/mol. The van der Waals surface area contributed by atoms with Crippen molar-refractivity contribution in [1.82, 2.24) is 15.0 Å². The van der Waals surface area contributed by atoms with E-state index in [1.807, 2.05) is 62.4 Å². The minimum Gasteiger partial charge on any atom is -0.482 e. The topological polar surface area (TPSA) is 68.5 Å². The number of rotatable bonds is 7. The highest BCUT2D eigenvalue weighted by Gasteiger charge is 2.15. The molecule has 2 aromatic heterocycles. The number of pyridine rings is 1. The predicted octanol–water partition coefficient (Wildman–Crippen LogP) is 3.64. The molecule has 1 amide bonds. The average Bonchev–Trinajstić information content (AvgIpc) is 3.15. The fraction of sp³-hybridized carbons (Fsp3) is 0.286. The van der Waals surface area contributed by atoms with Crippen LogP contribution in [0.15, 0.2) is 53.1 Å². The second kappa shape index (κ2) is 8.49. The molecule has 0 saturated carbocycles. The first-order valence-electron chi connectivity index (χ1n) is 8.91. The molecule has 3 rings (SSSR count). The van der Waals surface area contributed by atoms with E-state index in [1.54, 1.807) is 11.9 Å². The highest BCUT2D eigenvalue weighted by Crippen LogP contribution is 2.20. The van der Waals surface area contributed by atoms with Crippen molar-refractivity contribution in [2.45, 2.75) is 26.8 Å². The summed E-state index contributed by atoms with van der Waals surface area (Å²) in [5.41, 5.74) is 3.43. The Balaban J connectivity index is 1.58. The first-order chi connectivity index (χ1) is 13.1. The number of aryl methyl sites for hydroxylation is 2. The molecule has 1 aromatic carbocycles. The summed E-state index contributed by atoms with van der Waals surface area (Å²) in [5, 5.41) is 4.05. The minimum atomic E-state index is -0.137. The van der Waals surface area contributed by atoms with Crippen LogP contribution in [-0.4, -0.2) is 34.6 Å². The van der Waals surface area contributed by atoms with Gasteiger partial charge in [-0.25, -0.2) is 0 Å². The maximum Gasteiger partial charge on any atom is 0.260 e. The second-order valence-electron chi connectivity index (χ2n) is 6.34. The molecule has 0 N–H and O–H groups in total. The van der Waals surface area contributed by atoms with E-state index < -0.39 is 0 Å². The summed E-state index contributed by atoms with van der Waals surface area (Å²) in [6, 6.07) is 15.3. The van der Waals surface area contributed by atoms with Crippen LogP contribution < -0.4 is 4.74 Å². The fourth-order valence-electron chi connectivity index (χ4n) is 2.69. The van der Waals surface area contributed by atoms with Crippen LogP contribution in [0, 0.1) is 6.92 Å². The van der Waals surface area contributed by atoms with Gasteiger partial charge in [0.05, 0.1) is 12.2 Å². The predicted molar refractivity (Wildman–Crippen MR) is 102 cm³/mol. The summed E-state index contributed by atoms with van der Waals surface area (Å²) in [6.45, 7) is 4.25. The third kappa shape index (κ3) is 4.73. The monoisotopic (exact) mass is 365 g/mol. The van der Waals surface area contributed by atoms with Crippen molar-refractivity contribution in [2.24, 2.45) is 0 Å². The van der Waals surface area contributed by atoms with Crippen LogP contribution in [0.2, 0.25) is 0 Å². The largest absolute Gasteiger partial charge is 0.482 e. The lowest BCUT2D eigenvalue weighted by atomic mass is 10.1. The first kappa shape index (κ1) is 18.6. The quantitative estimate of drug-likeness (QED) is 0.639. The molecular weight excluding hydrogens is 342 g/mol. The van der Waals surface area contributed by atoms with Crippen LogP contribution in [0.4, 0.5) is 0 Å². The molecule has 0 aliphatic rings. The van der Waals surface area contributed by atoms with Crippen LogP contribution in [0.5, 0.6) is 5.75 Å². The second-order valence-corrected chi connectivity index (χ2v) is 6.34. The van der Waals surface area contributed by atoms with E-state index in [1.165, 1.54) is 0 Å². The smallest absolute Gasteiger partial charge is 0.260 e. The van der Waals surface area contributed by atoms with E-state index in [2.05, 4.69) is 10.1 Å². The van der Waals surface area contributed by atoms with Crippen LogP contribution in [0.1, 0.15) is 24.0 Å². The Hall–Kier alpha value is -3.15. The van der Waals surface area contributed by atoms with Crippen molar-refractivity contribution in [1.29, 1.82) is 0 Å². The summed E-state index contributed by atoms with van der Waals surface area (Å²) in [4.78, 5) is 18.4. The zero-order valence-corrected chi connectivity index (χ0v) is 15.8. The molecule has 0 aliphatic carbocycles. The van der Waals surface area contributed by atoms with Gasteiger partial charge in [0.25, 0.3) is 5.91 Å². The zero-order chi connectivity index (χ0) is 19.2. The summed E-state index contributed by atoms with van der Waals surface area (Å²) >= 11 is 0. The zero-order valence-electron chi connectivity index (χ0n) is 15.8. The van der Waals surface area contributed by atoms with Crippen molar-refractivity contribution in [3.05, 3.63) is 65.6 Å². The van der Waals surface area contributed by atoms with Gasteiger partial charge in [-0.05, 0) is 25.5 Å². The molecule has 0 aliphatic heterocycles. The van der Waals surface area contributed by atoms with Crippen molar-refractivity contribution >= 4 is 5.91 Å². The number of hydrogen-bond acceptors (Lipinski definition) is 5. The SMILES string of the molecule is CCc1nc(C)ccc1OCC(=O)N(C)Cc1cc(-c2ccccc2)on1. The number of likely N-dealkylation sites (N-methyl/N-ethyl adjacent to an activating group) is 1. The summed E-state index contributed by atoms with van der Waals surface area (Å²) in [5.74, 6) is 1.19. The van der Waals surface area contributed by atoms with Crippen LogP contribution >= 0.6 is 0 Å². The lowest BCUT2D eigenvalue weighted by Crippen LogP contribution is -2.31. The van der Waals surface area contributed by atoms with E-state index in [0.29, 0.717) is 23.7 Å². The number of benzene rings is 1. The van der Waals surface area contributed by atoms with Gasteiger partial charge in [0.2, 0.25) is 0 Å². The third-order valence-corrected chi connectivity index (χ3v) is 4.20. The molecule has 0 atom stereocenters. The van der Waals surface area contributed by atoms with E-state index in [0.717, 1.165) is 23.4 Å². The van der Waals surface area contributed by atoms with Gasteiger partial charge < -0.3 is 14.2 Å². The minimum absolute atomic E-state index is 0.0440. The molecule has 0 unspecified atom stereocenters. The Kier molecular flexibility index (Phi) is 5.86. The summed E-state index contributed by atoms with van der Waals surface area (Å²) in [7, 11) is 1.72. The highest BCUT2D eigenvalue weighted by atomic mass is 16.5. The van der Waals surface area contributed by atoms with Crippen molar-refractivity contribution in [3.8, 4) is 17.1 Å². The first-order valence-corrected chi connectivity index (χ1v) is 8.91. The maximum absolute atomic E-state index is 12.4. The molecule has 6 nitrogen and oxygen atoms in total. The van der Waals surface area contributed by atoms with Gasteiger partial charge in [0.1, 0.15) is 11.4 Å². The lowest BCUT2D eigenvalue weighted by Gasteiger charge is -2.16. The molecule has 0 fully saturated rings. The standard InChI is InChI=1S/C21H23N3O3/c1-4-18-19(11-10-15(2)22-18)26-14-21(25)24(3)13-17-12-20(27-23-17)16-8-6-5-7-9-16/h5-12H,4,13-14H2,1-3H3. The van der Waals surface area contributed by atoms with Gasteiger partial charge in [-0.3, -0.25) is 9.78 Å². The van der Waals surface area contributed by atoms with Crippen molar-refractivity contribution in [2.75, 3.05) is 13.7 Å². The Morgan fingerprint density at radius 3 is 2.70 bits per heavy atom. The van der Waals surface area contributed by atoms with Crippen LogP contribution in [-0.2, 0) is 17.8 Å². The molecule has 0 saturated heterocycles. The Morgan fingerprint density at radius 1 is 1.19 bits per heavy atom. The number of amides is 1. The van der Waals surface area contributed by atoms with E-state index in [-0.39, 0.29) is 12.5 Å². The summed E-state index contributed by atoms with van der Waals surface area (Å²) < 4.78 is 11.1. The molecule has 0 bridgehead atoms. The molecule has 0 radical (unpaired) electrons. The van der Waals surface area contributed by atoms with Crippen LogP contribution in [0.25, 0.3) is 11.3 Å². The number of carbonyl (C=O) groups excluding carboxylic acids is 1. The van der Waals surface area contributed by atoms with Gasteiger partial charge in [0.15, 0.2) is 12.4 Å². The normalized spacial score (nSPS) is 10.6. The molecule has 2 heterocycles. The fourth-order valence-corrected chi connectivity index (χ4v) is 2.69. The molecule has 6 heteroatoms.